The molecule has 3 nitrogen and oxygen atoms in total. The molecule has 1 heterocycles. The van der Waals surface area contributed by atoms with Crippen LogP contribution in [0.3, 0.4) is 0 Å². The summed E-state index contributed by atoms with van der Waals surface area (Å²) >= 11 is 1.70. The zero-order valence-corrected chi connectivity index (χ0v) is 10.6. The molecule has 2 N–H and O–H groups in total. The second-order valence-electron chi connectivity index (χ2n) is 4.52. The van der Waals surface area contributed by atoms with Crippen molar-refractivity contribution in [2.45, 2.75) is 51.2 Å². The summed E-state index contributed by atoms with van der Waals surface area (Å²) in [6, 6.07) is 0.300. The number of aromatic nitrogens is 1. The first kappa shape index (κ1) is 12.0. The first-order valence-electron chi connectivity index (χ1n) is 6.08. The highest BCUT2D eigenvalue weighted by Crippen LogP contribution is 2.18. The maximum Gasteiger partial charge on any atom is 0.0897 e. The van der Waals surface area contributed by atoms with Gasteiger partial charge in [0.05, 0.1) is 16.8 Å². The Morgan fingerprint density at radius 1 is 1.50 bits per heavy atom. The predicted octanol–water partition coefficient (Wildman–Crippen LogP) is 1.89. The minimum atomic E-state index is -0.147. The average molecular weight is 240 g/mol. The highest BCUT2D eigenvalue weighted by molar-refractivity contribution is 7.09. The molecule has 16 heavy (non-hydrogen) atoms. The van der Waals surface area contributed by atoms with Gasteiger partial charge >= 0.3 is 0 Å². The van der Waals surface area contributed by atoms with E-state index in [0.29, 0.717) is 6.04 Å². The third-order valence-corrected chi connectivity index (χ3v) is 4.01. The van der Waals surface area contributed by atoms with Crippen LogP contribution in [0.4, 0.5) is 0 Å². The number of hydrogen-bond donors (Lipinski definition) is 2. The summed E-state index contributed by atoms with van der Waals surface area (Å²) in [6.07, 6.45) is 5.29. The van der Waals surface area contributed by atoms with Crippen LogP contribution < -0.4 is 5.32 Å². The van der Waals surface area contributed by atoms with Crippen molar-refractivity contribution in [2.75, 3.05) is 6.54 Å². The first-order chi connectivity index (χ1) is 7.75. The summed E-state index contributed by atoms with van der Waals surface area (Å²) in [5.41, 5.74) is 1.17. The fraction of sp³-hybridized carbons (Fsp3) is 0.750. The Kier molecular flexibility index (Phi) is 4.32. The zero-order valence-electron chi connectivity index (χ0n) is 9.78. The van der Waals surface area contributed by atoms with Gasteiger partial charge in [-0.25, -0.2) is 4.98 Å². The number of nitrogens with zero attached hydrogens (tertiary/aromatic N) is 1. The second-order valence-corrected chi connectivity index (χ2v) is 5.58. The van der Waals surface area contributed by atoms with Crippen LogP contribution >= 0.6 is 11.3 Å². The molecule has 4 heteroatoms. The number of aryl methyl sites for hydroxylation is 1. The van der Waals surface area contributed by atoms with E-state index in [0.717, 1.165) is 30.8 Å². The molecule has 90 valence electrons. The topological polar surface area (TPSA) is 45.2 Å². The number of thiazole rings is 1. The van der Waals surface area contributed by atoms with Crippen molar-refractivity contribution in [3.8, 4) is 0 Å². The molecule has 0 aliphatic heterocycles. The van der Waals surface area contributed by atoms with E-state index >= 15 is 0 Å². The van der Waals surface area contributed by atoms with E-state index in [4.69, 9.17) is 0 Å². The van der Waals surface area contributed by atoms with Crippen LogP contribution in [0.25, 0.3) is 0 Å². The fourth-order valence-electron chi connectivity index (χ4n) is 2.26. The molecule has 0 bridgehead atoms. The lowest BCUT2D eigenvalue weighted by atomic mass is 9.92. The monoisotopic (exact) mass is 240 g/mol. The van der Waals surface area contributed by atoms with Gasteiger partial charge in [0.15, 0.2) is 0 Å². The molecule has 0 aromatic carbocycles. The number of rotatable bonds is 4. The fourth-order valence-corrected chi connectivity index (χ4v) is 2.91. The summed E-state index contributed by atoms with van der Waals surface area (Å²) in [6.45, 7) is 2.96. The summed E-state index contributed by atoms with van der Waals surface area (Å²) in [7, 11) is 0. The molecule has 2 unspecified atom stereocenters. The van der Waals surface area contributed by atoms with E-state index in [2.05, 4.69) is 15.7 Å². The van der Waals surface area contributed by atoms with Crippen molar-refractivity contribution in [3.05, 3.63) is 16.1 Å². The van der Waals surface area contributed by atoms with Gasteiger partial charge in [-0.05, 0) is 19.8 Å². The van der Waals surface area contributed by atoms with Crippen molar-refractivity contribution < 1.29 is 5.11 Å². The van der Waals surface area contributed by atoms with Gasteiger partial charge in [-0.1, -0.05) is 12.8 Å². The summed E-state index contributed by atoms with van der Waals surface area (Å²) < 4.78 is 0. The van der Waals surface area contributed by atoms with Crippen LogP contribution in [-0.2, 0) is 6.42 Å². The maximum absolute atomic E-state index is 9.79. The van der Waals surface area contributed by atoms with Crippen LogP contribution in [0, 0.1) is 6.92 Å². The molecule has 0 saturated heterocycles. The number of aliphatic hydroxyl groups excluding tert-OH is 1. The van der Waals surface area contributed by atoms with Gasteiger partial charge in [0.1, 0.15) is 0 Å². The van der Waals surface area contributed by atoms with E-state index in [1.54, 1.807) is 11.3 Å². The lowest BCUT2D eigenvalue weighted by Crippen LogP contribution is -2.42. The molecule has 1 saturated carbocycles. The molecular weight excluding hydrogens is 220 g/mol. The van der Waals surface area contributed by atoms with Crippen molar-refractivity contribution in [2.24, 2.45) is 0 Å². The van der Waals surface area contributed by atoms with E-state index in [-0.39, 0.29) is 6.10 Å². The smallest absolute Gasteiger partial charge is 0.0897 e. The molecule has 1 aromatic rings. The molecule has 1 aliphatic rings. The maximum atomic E-state index is 9.79. The lowest BCUT2D eigenvalue weighted by Gasteiger charge is -2.28. The molecule has 1 aromatic heterocycles. The van der Waals surface area contributed by atoms with Gasteiger partial charge in [-0.3, -0.25) is 0 Å². The largest absolute Gasteiger partial charge is 0.392 e. The van der Waals surface area contributed by atoms with Crippen LogP contribution in [0.1, 0.15) is 36.4 Å². The quantitative estimate of drug-likeness (QED) is 0.845. The van der Waals surface area contributed by atoms with Crippen LogP contribution in [0.5, 0.6) is 0 Å². The number of nitrogens with one attached hydrogen (secondary N) is 1. The molecular formula is C12H20N2OS. The highest BCUT2D eigenvalue weighted by Gasteiger charge is 2.21. The summed E-state index contributed by atoms with van der Waals surface area (Å²) in [5, 5.41) is 16.5. The van der Waals surface area contributed by atoms with Crippen LogP contribution in [0.2, 0.25) is 0 Å². The number of aliphatic hydroxyl groups is 1. The van der Waals surface area contributed by atoms with E-state index in [9.17, 15) is 5.11 Å². The van der Waals surface area contributed by atoms with E-state index in [1.165, 1.54) is 18.5 Å². The SMILES string of the molecule is Cc1nc(CCNC2CCCCC2O)cs1. The van der Waals surface area contributed by atoms with Gasteiger partial charge in [0, 0.05) is 24.4 Å². The highest BCUT2D eigenvalue weighted by atomic mass is 32.1. The van der Waals surface area contributed by atoms with Crippen LogP contribution in [0.15, 0.2) is 5.38 Å². The van der Waals surface area contributed by atoms with Crippen molar-refractivity contribution in [1.29, 1.82) is 0 Å². The van der Waals surface area contributed by atoms with Crippen molar-refractivity contribution in [3.63, 3.8) is 0 Å². The molecule has 0 amide bonds. The Morgan fingerprint density at radius 3 is 3.00 bits per heavy atom. The Labute approximate surface area is 101 Å². The molecule has 1 fully saturated rings. The number of hydrogen-bond acceptors (Lipinski definition) is 4. The van der Waals surface area contributed by atoms with Crippen molar-refractivity contribution in [1.82, 2.24) is 10.3 Å². The lowest BCUT2D eigenvalue weighted by molar-refractivity contribution is 0.0913. The summed E-state index contributed by atoms with van der Waals surface area (Å²) in [5.74, 6) is 0. The minimum absolute atomic E-state index is 0.147. The Balaban J connectivity index is 1.71. The standard InChI is InChI=1S/C12H20N2OS/c1-9-14-10(8-16-9)6-7-13-11-4-2-3-5-12(11)15/h8,11-13,15H,2-7H2,1H3. The van der Waals surface area contributed by atoms with E-state index in [1.807, 2.05) is 6.92 Å². The Hall–Kier alpha value is -0.450. The van der Waals surface area contributed by atoms with Gasteiger partial charge in [-0.15, -0.1) is 11.3 Å². The van der Waals surface area contributed by atoms with Gasteiger partial charge in [0.25, 0.3) is 0 Å². The second kappa shape index (κ2) is 5.75. The predicted molar refractivity (Wildman–Crippen MR) is 66.8 cm³/mol. The van der Waals surface area contributed by atoms with Crippen LogP contribution in [-0.4, -0.2) is 28.8 Å². The Bertz CT molecular complexity index is 327. The van der Waals surface area contributed by atoms with Gasteiger partial charge in [0.2, 0.25) is 0 Å². The molecule has 0 spiro atoms. The minimum Gasteiger partial charge on any atom is -0.392 e. The molecule has 2 atom stereocenters. The average Bonchev–Trinajstić information content (AvgIpc) is 2.67. The first-order valence-corrected chi connectivity index (χ1v) is 6.96. The van der Waals surface area contributed by atoms with Crippen molar-refractivity contribution >= 4 is 11.3 Å². The Morgan fingerprint density at radius 2 is 2.31 bits per heavy atom. The third kappa shape index (κ3) is 3.27. The van der Waals surface area contributed by atoms with Gasteiger partial charge in [-0.2, -0.15) is 0 Å². The summed E-state index contributed by atoms with van der Waals surface area (Å²) in [4.78, 5) is 4.43. The van der Waals surface area contributed by atoms with E-state index < -0.39 is 0 Å². The zero-order chi connectivity index (χ0) is 11.4. The normalized spacial score (nSPS) is 25.9. The molecule has 2 rings (SSSR count). The van der Waals surface area contributed by atoms with Gasteiger partial charge < -0.3 is 10.4 Å². The molecule has 1 aliphatic carbocycles. The molecule has 0 radical (unpaired) electrons. The third-order valence-electron chi connectivity index (χ3n) is 3.18.